The molecule has 0 radical (unpaired) electrons. The van der Waals surface area contributed by atoms with Crippen LogP contribution in [-0.2, 0) is 0 Å². The number of hydrogen-bond acceptors (Lipinski definition) is 7. The molecule has 1 atom stereocenters. The van der Waals surface area contributed by atoms with Crippen molar-refractivity contribution in [1.29, 1.82) is 0 Å². The number of nitrogen functional groups attached to an aromatic ring is 1. The van der Waals surface area contributed by atoms with Gasteiger partial charge in [-0.25, -0.2) is 4.79 Å². The third-order valence-electron chi connectivity index (χ3n) is 3.95. The van der Waals surface area contributed by atoms with Crippen LogP contribution in [0, 0.1) is 0 Å². The van der Waals surface area contributed by atoms with Crippen molar-refractivity contribution in [3.05, 3.63) is 5.82 Å². The van der Waals surface area contributed by atoms with Crippen LogP contribution in [0.3, 0.4) is 0 Å². The number of urea groups is 1. The minimum absolute atomic E-state index is 0.0237. The van der Waals surface area contributed by atoms with Crippen molar-refractivity contribution in [1.82, 2.24) is 29.7 Å². The minimum Gasteiger partial charge on any atom is -0.368 e. The molecule has 1 saturated heterocycles. The summed E-state index contributed by atoms with van der Waals surface area (Å²) in [4.78, 5) is 32.4. The van der Waals surface area contributed by atoms with Gasteiger partial charge in [0.15, 0.2) is 5.82 Å². The van der Waals surface area contributed by atoms with Crippen LogP contribution in [-0.4, -0.2) is 90.1 Å². The second kappa shape index (κ2) is 6.95. The van der Waals surface area contributed by atoms with Crippen LogP contribution < -0.4 is 10.6 Å². The van der Waals surface area contributed by atoms with Gasteiger partial charge in [0.05, 0.1) is 6.04 Å². The Morgan fingerprint density at radius 3 is 2.22 bits per heavy atom. The van der Waals surface area contributed by atoms with Crippen molar-refractivity contribution < 1.29 is 4.79 Å². The maximum Gasteiger partial charge on any atom is 0.319 e. The summed E-state index contributed by atoms with van der Waals surface area (Å²) in [5.41, 5.74) is 5.79. The zero-order valence-corrected chi connectivity index (χ0v) is 14.5. The summed E-state index contributed by atoms with van der Waals surface area (Å²) in [6.07, 6.45) is 0. The first-order chi connectivity index (χ1) is 10.8. The molecule has 1 aliphatic rings. The third kappa shape index (κ3) is 3.98. The molecule has 0 saturated carbocycles. The summed E-state index contributed by atoms with van der Waals surface area (Å²) in [7, 11) is 7.28. The first kappa shape index (κ1) is 17.2. The van der Waals surface area contributed by atoms with Gasteiger partial charge in [-0.3, -0.25) is 4.90 Å². The number of amides is 2. The zero-order chi connectivity index (χ0) is 17.1. The van der Waals surface area contributed by atoms with Crippen molar-refractivity contribution in [2.24, 2.45) is 0 Å². The number of nitrogens with two attached hydrogens (primary N) is 1. The van der Waals surface area contributed by atoms with Gasteiger partial charge < -0.3 is 20.4 Å². The molecular weight excluding hydrogens is 296 g/mol. The Kier molecular flexibility index (Phi) is 5.19. The van der Waals surface area contributed by atoms with E-state index in [2.05, 4.69) is 26.8 Å². The predicted molar refractivity (Wildman–Crippen MR) is 89.2 cm³/mol. The molecule has 2 rings (SSSR count). The Balaban J connectivity index is 2.05. The number of rotatable bonds is 3. The van der Waals surface area contributed by atoms with E-state index in [1.54, 1.807) is 19.0 Å². The highest BCUT2D eigenvalue weighted by molar-refractivity contribution is 5.73. The third-order valence-corrected chi connectivity index (χ3v) is 3.95. The Morgan fingerprint density at radius 2 is 1.70 bits per heavy atom. The summed E-state index contributed by atoms with van der Waals surface area (Å²) in [6, 6.07) is 0.0761. The fourth-order valence-corrected chi connectivity index (χ4v) is 2.53. The van der Waals surface area contributed by atoms with Crippen LogP contribution in [0.1, 0.15) is 18.8 Å². The number of piperazine rings is 1. The average Bonchev–Trinajstić information content (AvgIpc) is 2.52. The second-order valence-electron chi connectivity index (χ2n) is 6.12. The number of anilines is 2. The Hall–Kier alpha value is -2.16. The molecule has 1 aromatic heterocycles. The van der Waals surface area contributed by atoms with Crippen molar-refractivity contribution in [2.75, 3.05) is 65.0 Å². The molecule has 128 valence electrons. The van der Waals surface area contributed by atoms with E-state index >= 15 is 0 Å². The molecule has 23 heavy (non-hydrogen) atoms. The second-order valence-corrected chi connectivity index (χ2v) is 6.12. The molecular formula is C14H26N8O. The van der Waals surface area contributed by atoms with Gasteiger partial charge in [0.25, 0.3) is 0 Å². The monoisotopic (exact) mass is 322 g/mol. The summed E-state index contributed by atoms with van der Waals surface area (Å²) in [5.74, 6) is 1.45. The summed E-state index contributed by atoms with van der Waals surface area (Å²) in [5, 5.41) is 0. The van der Waals surface area contributed by atoms with Crippen LogP contribution in [0.25, 0.3) is 0 Å². The topological polar surface area (TPSA) is 94.7 Å². The molecule has 0 bridgehead atoms. The molecule has 0 spiro atoms. The minimum atomic E-state index is 0.0237. The molecule has 0 unspecified atom stereocenters. The van der Waals surface area contributed by atoms with Crippen molar-refractivity contribution in [3.8, 4) is 0 Å². The molecule has 1 fully saturated rings. The molecule has 0 aromatic carbocycles. The number of carbonyl (C=O) groups excluding carboxylic acids is 1. The van der Waals surface area contributed by atoms with E-state index in [0.29, 0.717) is 24.9 Å². The highest BCUT2D eigenvalue weighted by Gasteiger charge is 2.27. The lowest BCUT2D eigenvalue weighted by Crippen LogP contribution is -2.52. The first-order valence-corrected chi connectivity index (χ1v) is 7.68. The van der Waals surface area contributed by atoms with Gasteiger partial charge in [-0.2, -0.15) is 15.0 Å². The van der Waals surface area contributed by atoms with Crippen LogP contribution in [0.4, 0.5) is 16.7 Å². The number of carbonyl (C=O) groups is 1. The largest absolute Gasteiger partial charge is 0.368 e. The van der Waals surface area contributed by atoms with Crippen LogP contribution >= 0.6 is 0 Å². The van der Waals surface area contributed by atoms with Gasteiger partial charge in [-0.15, -0.1) is 0 Å². The fourth-order valence-electron chi connectivity index (χ4n) is 2.53. The van der Waals surface area contributed by atoms with Crippen LogP contribution in [0.2, 0.25) is 0 Å². The van der Waals surface area contributed by atoms with E-state index < -0.39 is 0 Å². The summed E-state index contributed by atoms with van der Waals surface area (Å²) < 4.78 is 0. The lowest BCUT2D eigenvalue weighted by atomic mass is 10.2. The quantitative estimate of drug-likeness (QED) is 0.829. The molecule has 2 heterocycles. The van der Waals surface area contributed by atoms with Gasteiger partial charge in [0, 0.05) is 54.4 Å². The van der Waals surface area contributed by atoms with E-state index in [-0.39, 0.29) is 18.0 Å². The van der Waals surface area contributed by atoms with E-state index in [4.69, 9.17) is 5.73 Å². The molecule has 1 aromatic rings. The summed E-state index contributed by atoms with van der Waals surface area (Å²) >= 11 is 0. The van der Waals surface area contributed by atoms with E-state index in [9.17, 15) is 4.79 Å². The van der Waals surface area contributed by atoms with Gasteiger partial charge >= 0.3 is 6.03 Å². The molecule has 1 aliphatic heterocycles. The SMILES string of the molecule is C[C@H](c1nc(N)nc(N(C)C)n1)N1CCN(C(=O)N(C)C)CC1. The molecule has 2 N–H and O–H groups in total. The highest BCUT2D eigenvalue weighted by Crippen LogP contribution is 2.20. The first-order valence-electron chi connectivity index (χ1n) is 7.68. The van der Waals surface area contributed by atoms with E-state index in [1.807, 2.05) is 23.9 Å². The number of aromatic nitrogens is 3. The molecule has 0 aliphatic carbocycles. The maximum absolute atomic E-state index is 12.0. The van der Waals surface area contributed by atoms with Gasteiger partial charge in [-0.1, -0.05) is 0 Å². The Labute approximate surface area is 137 Å². The standard InChI is InChI=1S/C14H26N8O/c1-10(11-16-12(15)18-13(17-11)19(2)3)21-6-8-22(9-7-21)14(23)20(4)5/h10H,6-9H2,1-5H3,(H2,15,16,17,18)/t10-/m1/s1. The van der Waals surface area contributed by atoms with E-state index in [0.717, 1.165) is 13.1 Å². The lowest BCUT2D eigenvalue weighted by molar-refractivity contribution is 0.0999. The highest BCUT2D eigenvalue weighted by atomic mass is 16.2. The number of hydrogen-bond donors (Lipinski definition) is 1. The number of nitrogens with zero attached hydrogens (tertiary/aromatic N) is 7. The summed E-state index contributed by atoms with van der Waals surface area (Å²) in [6.45, 7) is 5.01. The van der Waals surface area contributed by atoms with Crippen LogP contribution in [0.5, 0.6) is 0 Å². The lowest BCUT2D eigenvalue weighted by Gasteiger charge is -2.38. The maximum atomic E-state index is 12.0. The van der Waals surface area contributed by atoms with Crippen molar-refractivity contribution >= 4 is 17.9 Å². The van der Waals surface area contributed by atoms with E-state index in [1.165, 1.54) is 0 Å². The normalized spacial score (nSPS) is 17.0. The Morgan fingerprint density at radius 1 is 1.09 bits per heavy atom. The average molecular weight is 322 g/mol. The van der Waals surface area contributed by atoms with Gasteiger partial charge in [0.2, 0.25) is 11.9 Å². The van der Waals surface area contributed by atoms with Crippen molar-refractivity contribution in [3.63, 3.8) is 0 Å². The smallest absolute Gasteiger partial charge is 0.319 e. The van der Waals surface area contributed by atoms with Gasteiger partial charge in [-0.05, 0) is 6.92 Å². The van der Waals surface area contributed by atoms with Gasteiger partial charge in [0.1, 0.15) is 0 Å². The van der Waals surface area contributed by atoms with Crippen molar-refractivity contribution in [2.45, 2.75) is 13.0 Å². The fraction of sp³-hybridized carbons (Fsp3) is 0.714. The van der Waals surface area contributed by atoms with Crippen LogP contribution in [0.15, 0.2) is 0 Å². The predicted octanol–water partition coefficient (Wildman–Crippen LogP) is -0.120. The molecule has 9 nitrogen and oxygen atoms in total. The molecule has 2 amide bonds. The molecule has 9 heteroatoms. The Bertz CT molecular complexity index is 554. The zero-order valence-electron chi connectivity index (χ0n) is 14.5.